The Kier molecular flexibility index (Phi) is 3.73. The summed E-state index contributed by atoms with van der Waals surface area (Å²) in [5, 5.41) is 19.9. The van der Waals surface area contributed by atoms with E-state index in [9.17, 15) is 0 Å². The lowest BCUT2D eigenvalue weighted by molar-refractivity contribution is -0.0424. The van der Waals surface area contributed by atoms with Crippen molar-refractivity contribution in [2.45, 2.75) is 12.8 Å². The van der Waals surface area contributed by atoms with Crippen LogP contribution < -0.4 is 0 Å². The fourth-order valence-electron chi connectivity index (χ4n) is 0.919. The summed E-state index contributed by atoms with van der Waals surface area (Å²) in [5.41, 5.74) is 1.43. The first-order valence-electron chi connectivity index (χ1n) is 3.72. The highest BCUT2D eigenvalue weighted by Crippen LogP contribution is 2.11. The lowest BCUT2D eigenvalue weighted by atomic mass is 10.1. The molecule has 0 aromatic heterocycles. The van der Waals surface area contributed by atoms with E-state index in [1.165, 1.54) is 0 Å². The molecule has 13 heavy (non-hydrogen) atoms. The zero-order valence-electron chi connectivity index (χ0n) is 6.84. The average molecular weight is 195 g/mol. The lowest BCUT2D eigenvalue weighted by Crippen LogP contribution is -1.94. The lowest BCUT2D eigenvalue weighted by Gasteiger charge is -2.03. The van der Waals surface area contributed by atoms with Gasteiger partial charge in [0.15, 0.2) is 6.29 Å². The highest BCUT2D eigenvalue weighted by atomic mass is 32.1. The number of aliphatic imine (C=N–C) groups is 1. The SMILES string of the molecule is OC(O)c1ccc(CN=C=S)cc1. The zero-order valence-corrected chi connectivity index (χ0v) is 7.66. The van der Waals surface area contributed by atoms with Crippen molar-refractivity contribution in [3.8, 4) is 0 Å². The molecule has 0 heterocycles. The highest BCUT2D eigenvalue weighted by Gasteiger charge is 2.00. The first kappa shape index (κ1) is 10.0. The van der Waals surface area contributed by atoms with Crippen molar-refractivity contribution in [3.63, 3.8) is 0 Å². The van der Waals surface area contributed by atoms with Crippen LogP contribution >= 0.6 is 12.2 Å². The number of aliphatic hydroxyl groups excluding tert-OH is 1. The number of hydrogen-bond acceptors (Lipinski definition) is 4. The molecule has 0 saturated heterocycles. The van der Waals surface area contributed by atoms with Gasteiger partial charge < -0.3 is 10.2 Å². The van der Waals surface area contributed by atoms with Gasteiger partial charge >= 0.3 is 0 Å². The van der Waals surface area contributed by atoms with Gasteiger partial charge in [0.1, 0.15) is 0 Å². The molecular formula is C9H9NO2S. The van der Waals surface area contributed by atoms with Crippen molar-refractivity contribution >= 4 is 17.4 Å². The van der Waals surface area contributed by atoms with Gasteiger partial charge in [0, 0.05) is 5.56 Å². The molecule has 1 aromatic rings. The first-order chi connectivity index (χ1) is 6.24. The Morgan fingerprint density at radius 2 is 1.92 bits per heavy atom. The predicted octanol–water partition coefficient (Wildman–Crippen LogP) is 1.27. The number of rotatable bonds is 3. The Balaban J connectivity index is 2.75. The second kappa shape index (κ2) is 4.84. The second-order valence-electron chi connectivity index (χ2n) is 2.52. The van der Waals surface area contributed by atoms with E-state index in [0.717, 1.165) is 5.56 Å². The molecule has 0 aliphatic heterocycles. The second-order valence-corrected chi connectivity index (χ2v) is 2.71. The van der Waals surface area contributed by atoms with Gasteiger partial charge in [-0.3, -0.25) is 0 Å². The maximum atomic E-state index is 8.79. The van der Waals surface area contributed by atoms with E-state index < -0.39 is 6.29 Å². The largest absolute Gasteiger partial charge is 0.364 e. The monoisotopic (exact) mass is 195 g/mol. The maximum absolute atomic E-state index is 8.79. The summed E-state index contributed by atoms with van der Waals surface area (Å²) in [6, 6.07) is 6.81. The summed E-state index contributed by atoms with van der Waals surface area (Å²) >= 11 is 4.42. The molecule has 0 aliphatic carbocycles. The fourth-order valence-corrected chi connectivity index (χ4v) is 0.983. The number of isothiocyanates is 1. The van der Waals surface area contributed by atoms with Gasteiger partial charge in [0.2, 0.25) is 0 Å². The molecule has 0 amide bonds. The van der Waals surface area contributed by atoms with Crippen LogP contribution in [-0.2, 0) is 6.54 Å². The molecule has 0 fully saturated rings. The number of hydrogen-bond donors (Lipinski definition) is 2. The van der Waals surface area contributed by atoms with Crippen LogP contribution in [-0.4, -0.2) is 15.4 Å². The van der Waals surface area contributed by atoms with E-state index in [0.29, 0.717) is 12.1 Å². The van der Waals surface area contributed by atoms with Crippen LogP contribution in [0.25, 0.3) is 0 Å². The van der Waals surface area contributed by atoms with E-state index in [1.807, 2.05) is 0 Å². The van der Waals surface area contributed by atoms with Crippen LogP contribution in [0.1, 0.15) is 17.4 Å². The molecule has 0 spiro atoms. The topological polar surface area (TPSA) is 52.8 Å². The highest BCUT2D eigenvalue weighted by molar-refractivity contribution is 7.78. The molecule has 1 aromatic carbocycles. The quantitative estimate of drug-likeness (QED) is 0.434. The van der Waals surface area contributed by atoms with Gasteiger partial charge in [-0.05, 0) is 17.8 Å². The van der Waals surface area contributed by atoms with Crippen LogP contribution in [0.3, 0.4) is 0 Å². The Morgan fingerprint density at radius 3 is 2.38 bits per heavy atom. The van der Waals surface area contributed by atoms with E-state index >= 15 is 0 Å². The molecule has 0 saturated carbocycles. The first-order valence-corrected chi connectivity index (χ1v) is 4.13. The number of thiocarbonyl (C=S) groups is 1. The van der Waals surface area contributed by atoms with Gasteiger partial charge in [-0.1, -0.05) is 24.3 Å². The molecule has 0 unspecified atom stereocenters. The molecule has 0 aliphatic rings. The van der Waals surface area contributed by atoms with Crippen LogP contribution in [0.5, 0.6) is 0 Å². The van der Waals surface area contributed by atoms with Gasteiger partial charge in [0.05, 0.1) is 11.7 Å². The Morgan fingerprint density at radius 1 is 1.31 bits per heavy atom. The minimum atomic E-state index is -1.41. The number of benzene rings is 1. The van der Waals surface area contributed by atoms with Crippen molar-refractivity contribution in [2.24, 2.45) is 4.99 Å². The summed E-state index contributed by atoms with van der Waals surface area (Å²) in [5.74, 6) is 0. The van der Waals surface area contributed by atoms with Crippen LogP contribution in [0, 0.1) is 0 Å². The van der Waals surface area contributed by atoms with Crippen molar-refractivity contribution in [1.82, 2.24) is 0 Å². The molecule has 4 heteroatoms. The van der Waals surface area contributed by atoms with Gasteiger partial charge in [-0.25, -0.2) is 4.99 Å². The third-order valence-corrected chi connectivity index (χ3v) is 1.73. The maximum Gasteiger partial charge on any atom is 0.178 e. The molecule has 68 valence electrons. The molecule has 2 N–H and O–H groups in total. The standard InChI is InChI=1S/C9H9NO2S/c11-9(12)8-3-1-7(2-4-8)5-10-6-13/h1-4,9,11-12H,5H2. The van der Waals surface area contributed by atoms with Crippen molar-refractivity contribution in [1.29, 1.82) is 0 Å². The summed E-state index contributed by atoms with van der Waals surface area (Å²) in [6.07, 6.45) is -1.41. The van der Waals surface area contributed by atoms with E-state index in [-0.39, 0.29) is 0 Å². The summed E-state index contributed by atoms with van der Waals surface area (Å²) in [6.45, 7) is 0.477. The zero-order chi connectivity index (χ0) is 9.68. The van der Waals surface area contributed by atoms with Crippen molar-refractivity contribution in [2.75, 3.05) is 0 Å². The molecule has 3 nitrogen and oxygen atoms in total. The predicted molar refractivity (Wildman–Crippen MR) is 52.4 cm³/mol. The Bertz CT molecular complexity index is 315. The summed E-state index contributed by atoms with van der Waals surface area (Å²) < 4.78 is 0. The molecule has 1 rings (SSSR count). The van der Waals surface area contributed by atoms with Crippen molar-refractivity contribution < 1.29 is 10.2 Å². The third kappa shape index (κ3) is 3.05. The normalized spacial score (nSPS) is 9.77. The van der Waals surface area contributed by atoms with Crippen LogP contribution in [0.2, 0.25) is 0 Å². The Hall–Kier alpha value is -1.06. The van der Waals surface area contributed by atoms with E-state index in [2.05, 4.69) is 22.4 Å². The van der Waals surface area contributed by atoms with Gasteiger partial charge in [-0.2, -0.15) is 0 Å². The fraction of sp³-hybridized carbons (Fsp3) is 0.222. The van der Waals surface area contributed by atoms with Crippen molar-refractivity contribution in [3.05, 3.63) is 35.4 Å². The summed E-state index contributed by atoms with van der Waals surface area (Å²) in [4.78, 5) is 3.76. The van der Waals surface area contributed by atoms with E-state index in [1.54, 1.807) is 24.3 Å². The van der Waals surface area contributed by atoms with E-state index in [4.69, 9.17) is 10.2 Å². The number of aliphatic hydroxyl groups is 2. The van der Waals surface area contributed by atoms with Crippen LogP contribution in [0.15, 0.2) is 29.3 Å². The van der Waals surface area contributed by atoms with Gasteiger partial charge in [0.25, 0.3) is 0 Å². The van der Waals surface area contributed by atoms with Crippen LogP contribution in [0.4, 0.5) is 0 Å². The molecule has 0 atom stereocenters. The third-order valence-electron chi connectivity index (χ3n) is 1.60. The number of nitrogens with zero attached hydrogens (tertiary/aromatic N) is 1. The molecular weight excluding hydrogens is 186 g/mol. The molecule has 0 radical (unpaired) electrons. The molecule has 0 bridgehead atoms. The minimum Gasteiger partial charge on any atom is -0.364 e. The van der Waals surface area contributed by atoms with Gasteiger partial charge in [-0.15, -0.1) is 0 Å². The summed E-state index contributed by atoms with van der Waals surface area (Å²) in [7, 11) is 0. The average Bonchev–Trinajstić information content (AvgIpc) is 2.15. The Labute approximate surface area is 81.4 Å². The minimum absolute atomic E-state index is 0.468. The smallest absolute Gasteiger partial charge is 0.178 e.